The summed E-state index contributed by atoms with van der Waals surface area (Å²) >= 11 is 0. The zero-order chi connectivity index (χ0) is 25.2. The molecular formula is C25H39N3O4S2. The summed E-state index contributed by atoms with van der Waals surface area (Å²) in [6.45, 7) is 13.6. The number of amides is 2. The van der Waals surface area contributed by atoms with Gasteiger partial charge in [0, 0.05) is 29.5 Å². The highest BCUT2D eigenvalue weighted by Crippen LogP contribution is 2.37. The minimum absolute atomic E-state index is 0.00397. The second kappa shape index (κ2) is 18.6. The molecule has 1 aromatic rings. The minimum atomic E-state index is -0.182. The quantitative estimate of drug-likeness (QED) is 0.136. The van der Waals surface area contributed by atoms with Crippen molar-refractivity contribution in [1.82, 2.24) is 16.0 Å². The Bertz CT molecular complexity index is 777. The van der Waals surface area contributed by atoms with Crippen LogP contribution in [-0.4, -0.2) is 63.3 Å². The molecule has 0 radical (unpaired) electrons. The highest BCUT2D eigenvalue weighted by Gasteiger charge is 2.16. The Morgan fingerprint density at radius 2 is 1.76 bits per heavy atom. The van der Waals surface area contributed by atoms with Crippen LogP contribution in [0.2, 0.25) is 0 Å². The molecule has 0 aromatic heterocycles. The van der Waals surface area contributed by atoms with E-state index in [1.165, 1.54) is 0 Å². The third kappa shape index (κ3) is 14.5. The molecule has 34 heavy (non-hydrogen) atoms. The fraction of sp³-hybridized carbons (Fsp3) is 0.600. The van der Waals surface area contributed by atoms with Crippen LogP contribution in [0.3, 0.4) is 0 Å². The van der Waals surface area contributed by atoms with Crippen molar-refractivity contribution < 1.29 is 19.1 Å². The fourth-order valence-corrected chi connectivity index (χ4v) is 5.09. The third-order valence-electron chi connectivity index (χ3n) is 4.24. The van der Waals surface area contributed by atoms with Gasteiger partial charge in [-0.05, 0) is 36.7 Å². The summed E-state index contributed by atoms with van der Waals surface area (Å²) in [5.74, 6) is 6.25. The van der Waals surface area contributed by atoms with Crippen LogP contribution < -0.4 is 16.0 Å². The van der Waals surface area contributed by atoms with E-state index in [-0.39, 0.29) is 23.9 Å². The van der Waals surface area contributed by atoms with Gasteiger partial charge >= 0.3 is 0 Å². The van der Waals surface area contributed by atoms with Crippen LogP contribution in [0.25, 0.3) is 0 Å². The lowest BCUT2D eigenvalue weighted by molar-refractivity contribution is -0.126. The molecule has 0 saturated carbocycles. The smallest absolute Gasteiger partial charge is 0.251 e. The Morgan fingerprint density at radius 1 is 1.03 bits per heavy atom. The van der Waals surface area contributed by atoms with E-state index in [1.807, 2.05) is 45.0 Å². The topological polar surface area (TPSA) is 88.7 Å². The summed E-state index contributed by atoms with van der Waals surface area (Å²) in [7, 11) is 3.25. The Hall–Kier alpha value is -1.70. The first kappa shape index (κ1) is 30.3. The molecule has 190 valence electrons. The molecule has 0 fully saturated rings. The van der Waals surface area contributed by atoms with E-state index in [1.54, 1.807) is 21.6 Å². The van der Waals surface area contributed by atoms with Gasteiger partial charge in [-0.25, -0.2) is 0 Å². The summed E-state index contributed by atoms with van der Waals surface area (Å²) < 4.78 is 11.4. The number of carbonyl (C=O) groups is 2. The lowest BCUT2D eigenvalue weighted by atomic mass is 10.2. The molecule has 0 aliphatic carbocycles. The number of hydrogen-bond acceptors (Lipinski definition) is 7. The lowest BCUT2D eigenvalue weighted by Gasteiger charge is -2.20. The van der Waals surface area contributed by atoms with Crippen LogP contribution >= 0.6 is 21.6 Å². The van der Waals surface area contributed by atoms with Gasteiger partial charge in [0.05, 0.1) is 19.8 Å². The van der Waals surface area contributed by atoms with Gasteiger partial charge in [0.2, 0.25) is 5.91 Å². The molecule has 7 nitrogen and oxygen atoms in total. The molecule has 0 bridgehead atoms. The van der Waals surface area contributed by atoms with Gasteiger partial charge in [0.1, 0.15) is 12.0 Å². The number of benzene rings is 1. The Morgan fingerprint density at radius 3 is 2.41 bits per heavy atom. The van der Waals surface area contributed by atoms with Gasteiger partial charge in [0.15, 0.2) is 0 Å². The summed E-state index contributed by atoms with van der Waals surface area (Å²) in [5, 5.41) is 8.78. The van der Waals surface area contributed by atoms with Crippen molar-refractivity contribution >= 4 is 33.4 Å². The van der Waals surface area contributed by atoms with Crippen molar-refractivity contribution in [3.8, 4) is 11.8 Å². The molecule has 0 aliphatic heterocycles. The van der Waals surface area contributed by atoms with Gasteiger partial charge in [0.25, 0.3) is 5.91 Å². The second-order valence-corrected chi connectivity index (χ2v) is 10.5. The zero-order valence-electron chi connectivity index (χ0n) is 20.9. The van der Waals surface area contributed by atoms with Gasteiger partial charge < -0.3 is 25.4 Å². The number of ether oxygens (including phenoxy) is 2. The average molecular weight is 510 g/mol. The SMILES string of the molecule is CCNCCNC(=O)c1ccc(SSC(OCCOCC(=O)NCC#CC(C)C)C(C)C)cc1. The summed E-state index contributed by atoms with van der Waals surface area (Å²) in [6, 6.07) is 7.57. The first-order valence-corrected chi connectivity index (χ1v) is 13.9. The molecular weight excluding hydrogens is 470 g/mol. The molecule has 0 spiro atoms. The van der Waals surface area contributed by atoms with Crippen LogP contribution in [-0.2, 0) is 14.3 Å². The van der Waals surface area contributed by atoms with Crippen molar-refractivity contribution in [2.24, 2.45) is 11.8 Å². The predicted octanol–water partition coefficient (Wildman–Crippen LogP) is 3.56. The lowest BCUT2D eigenvalue weighted by Crippen LogP contribution is -2.31. The van der Waals surface area contributed by atoms with Crippen molar-refractivity contribution in [1.29, 1.82) is 0 Å². The molecule has 1 unspecified atom stereocenters. The maximum absolute atomic E-state index is 12.2. The maximum Gasteiger partial charge on any atom is 0.251 e. The number of rotatable bonds is 16. The van der Waals surface area contributed by atoms with Crippen LogP contribution in [0, 0.1) is 23.7 Å². The van der Waals surface area contributed by atoms with Crippen molar-refractivity contribution in [2.75, 3.05) is 46.0 Å². The van der Waals surface area contributed by atoms with Crippen molar-refractivity contribution in [2.45, 2.75) is 45.0 Å². The molecule has 3 N–H and O–H groups in total. The molecule has 0 aliphatic rings. The second-order valence-electron chi connectivity index (χ2n) is 8.10. The van der Waals surface area contributed by atoms with Crippen LogP contribution in [0.1, 0.15) is 45.0 Å². The normalized spacial score (nSPS) is 11.7. The molecule has 9 heteroatoms. The molecule has 1 atom stereocenters. The summed E-state index contributed by atoms with van der Waals surface area (Å²) in [4.78, 5) is 24.9. The Kier molecular flexibility index (Phi) is 16.6. The molecule has 1 aromatic carbocycles. The van der Waals surface area contributed by atoms with Gasteiger partial charge in [-0.15, -0.1) is 0 Å². The van der Waals surface area contributed by atoms with Crippen LogP contribution in [0.15, 0.2) is 29.2 Å². The van der Waals surface area contributed by atoms with Gasteiger partial charge in [-0.2, -0.15) is 0 Å². The standard InChI is InChI=1S/C25H39N3O4S2/c1-6-26-14-15-28-24(30)21-9-11-22(12-10-21)33-34-25(20(4)5)32-17-16-31-18-23(29)27-13-7-8-19(2)3/h9-12,19-20,25-26H,6,13-18H2,1-5H3,(H,27,29)(H,28,30). The highest BCUT2D eigenvalue weighted by atomic mass is 33.1. The number of likely N-dealkylation sites (N-methyl/N-ethyl adjacent to an activating group) is 1. The van der Waals surface area contributed by atoms with E-state index < -0.39 is 0 Å². The molecule has 1 rings (SSSR count). The van der Waals surface area contributed by atoms with Crippen molar-refractivity contribution in [3.05, 3.63) is 29.8 Å². The van der Waals surface area contributed by atoms with E-state index >= 15 is 0 Å². The maximum atomic E-state index is 12.2. The molecule has 0 saturated heterocycles. The van der Waals surface area contributed by atoms with E-state index in [2.05, 4.69) is 41.6 Å². The molecule has 2 amide bonds. The molecule has 0 heterocycles. The largest absolute Gasteiger partial charge is 0.369 e. The summed E-state index contributed by atoms with van der Waals surface area (Å²) in [5.41, 5.74) is 0.624. The van der Waals surface area contributed by atoms with Crippen molar-refractivity contribution in [3.63, 3.8) is 0 Å². The van der Waals surface area contributed by atoms with E-state index in [9.17, 15) is 9.59 Å². The van der Waals surface area contributed by atoms with Crippen LogP contribution in [0.5, 0.6) is 0 Å². The zero-order valence-corrected chi connectivity index (χ0v) is 22.6. The number of hydrogen-bond donors (Lipinski definition) is 3. The Labute approximate surface area is 212 Å². The summed E-state index contributed by atoms with van der Waals surface area (Å²) in [6.07, 6.45) is 0. The van der Waals surface area contributed by atoms with E-state index in [4.69, 9.17) is 9.47 Å². The average Bonchev–Trinajstić information content (AvgIpc) is 2.81. The first-order valence-electron chi connectivity index (χ1n) is 11.7. The fourth-order valence-electron chi connectivity index (χ4n) is 2.48. The van der Waals surface area contributed by atoms with Gasteiger partial charge in [-0.1, -0.05) is 68.0 Å². The van der Waals surface area contributed by atoms with Gasteiger partial charge in [-0.3, -0.25) is 9.59 Å². The third-order valence-corrected chi connectivity index (χ3v) is 7.11. The minimum Gasteiger partial charge on any atom is -0.369 e. The monoisotopic (exact) mass is 509 g/mol. The Balaban J connectivity index is 2.29. The predicted molar refractivity (Wildman–Crippen MR) is 142 cm³/mol. The van der Waals surface area contributed by atoms with E-state index in [0.717, 1.165) is 18.0 Å². The highest BCUT2D eigenvalue weighted by molar-refractivity contribution is 8.76. The van der Waals surface area contributed by atoms with E-state index in [0.29, 0.717) is 43.7 Å². The first-order chi connectivity index (χ1) is 16.3. The number of carbonyl (C=O) groups excluding carboxylic acids is 2. The van der Waals surface area contributed by atoms with Crippen LogP contribution in [0.4, 0.5) is 0 Å². The number of nitrogens with one attached hydrogen (secondary N) is 3.